The molecule has 0 atom stereocenters. The highest BCUT2D eigenvalue weighted by molar-refractivity contribution is 7.71. The van der Waals surface area contributed by atoms with Gasteiger partial charge in [0.05, 0.1) is 6.26 Å². The van der Waals surface area contributed by atoms with Crippen LogP contribution in [0.5, 0.6) is 0 Å². The van der Waals surface area contributed by atoms with Crippen LogP contribution >= 0.6 is 12.2 Å². The number of aromatic amines is 1. The van der Waals surface area contributed by atoms with Crippen LogP contribution in [-0.2, 0) is 17.8 Å². The highest BCUT2D eigenvalue weighted by atomic mass is 32.1. The van der Waals surface area contributed by atoms with E-state index in [0.717, 1.165) is 16.9 Å². The topological polar surface area (TPSA) is 75.8 Å². The first-order chi connectivity index (χ1) is 11.6. The third-order valence-corrected chi connectivity index (χ3v) is 3.96. The minimum absolute atomic E-state index is 0.118. The molecule has 2 aromatic heterocycles. The lowest BCUT2D eigenvalue weighted by atomic mass is 10.1. The summed E-state index contributed by atoms with van der Waals surface area (Å²) in [4.78, 5) is 12.2. The van der Waals surface area contributed by atoms with Crippen LogP contribution in [0.3, 0.4) is 0 Å². The molecule has 0 aliphatic heterocycles. The Labute approximate surface area is 144 Å². The number of carbonyl (C=O) groups is 1. The van der Waals surface area contributed by atoms with Gasteiger partial charge in [0.1, 0.15) is 12.3 Å². The van der Waals surface area contributed by atoms with Gasteiger partial charge in [0.2, 0.25) is 5.91 Å². The van der Waals surface area contributed by atoms with Crippen molar-refractivity contribution in [2.75, 3.05) is 6.54 Å². The van der Waals surface area contributed by atoms with E-state index in [4.69, 9.17) is 16.6 Å². The summed E-state index contributed by atoms with van der Waals surface area (Å²) < 4.78 is 7.36. The van der Waals surface area contributed by atoms with E-state index in [0.29, 0.717) is 23.6 Å². The van der Waals surface area contributed by atoms with E-state index in [9.17, 15) is 4.79 Å². The van der Waals surface area contributed by atoms with Crippen LogP contribution in [-0.4, -0.2) is 27.2 Å². The van der Waals surface area contributed by atoms with Crippen molar-refractivity contribution >= 4 is 18.1 Å². The van der Waals surface area contributed by atoms with E-state index >= 15 is 0 Å². The molecule has 6 nitrogen and oxygen atoms in total. The molecule has 0 aliphatic carbocycles. The number of aryl methyl sites for hydroxylation is 1. The number of carbonyl (C=O) groups excluding carboxylic acids is 1. The van der Waals surface area contributed by atoms with Gasteiger partial charge in [-0.2, -0.15) is 5.10 Å². The van der Waals surface area contributed by atoms with E-state index in [1.165, 1.54) is 0 Å². The first-order valence-electron chi connectivity index (χ1n) is 7.65. The number of furan rings is 1. The smallest absolute Gasteiger partial charge is 0.240 e. The molecule has 0 spiro atoms. The predicted molar refractivity (Wildman–Crippen MR) is 93.0 cm³/mol. The first-order valence-corrected chi connectivity index (χ1v) is 8.05. The zero-order chi connectivity index (χ0) is 16.9. The van der Waals surface area contributed by atoms with Crippen LogP contribution in [0, 0.1) is 11.7 Å². The summed E-state index contributed by atoms with van der Waals surface area (Å²) in [6.45, 7) is 2.65. The Morgan fingerprint density at radius 3 is 2.83 bits per heavy atom. The molecule has 1 aromatic carbocycles. The maximum atomic E-state index is 12.2. The molecule has 0 bridgehead atoms. The van der Waals surface area contributed by atoms with Gasteiger partial charge in [0, 0.05) is 18.5 Å². The van der Waals surface area contributed by atoms with Crippen LogP contribution in [0.15, 0.2) is 47.1 Å². The average Bonchev–Trinajstić information content (AvgIpc) is 3.20. The molecule has 0 fully saturated rings. The highest BCUT2D eigenvalue weighted by Crippen LogP contribution is 2.17. The minimum Gasteiger partial charge on any atom is -0.469 e. The molecular formula is C17H18N4O2S. The third kappa shape index (κ3) is 3.80. The summed E-state index contributed by atoms with van der Waals surface area (Å²) >= 11 is 5.24. The molecule has 2 N–H and O–H groups in total. The monoisotopic (exact) mass is 342 g/mol. The van der Waals surface area contributed by atoms with Crippen molar-refractivity contribution in [3.63, 3.8) is 0 Å². The fraction of sp³-hybridized carbons (Fsp3) is 0.235. The second kappa shape index (κ2) is 7.27. The molecule has 0 unspecified atom stereocenters. The van der Waals surface area contributed by atoms with E-state index in [-0.39, 0.29) is 12.5 Å². The van der Waals surface area contributed by atoms with Crippen LogP contribution < -0.4 is 5.32 Å². The molecule has 7 heteroatoms. The fourth-order valence-corrected chi connectivity index (χ4v) is 2.56. The zero-order valence-corrected chi connectivity index (χ0v) is 14.1. The zero-order valence-electron chi connectivity index (χ0n) is 13.3. The van der Waals surface area contributed by atoms with E-state index < -0.39 is 0 Å². The number of amides is 1. The molecule has 3 aromatic rings. The van der Waals surface area contributed by atoms with Crippen LogP contribution in [0.4, 0.5) is 0 Å². The number of hydrogen-bond donors (Lipinski definition) is 2. The average molecular weight is 342 g/mol. The molecular weight excluding hydrogens is 324 g/mol. The number of H-pyrrole nitrogens is 1. The van der Waals surface area contributed by atoms with E-state index in [1.54, 1.807) is 10.8 Å². The quantitative estimate of drug-likeness (QED) is 0.676. The van der Waals surface area contributed by atoms with Gasteiger partial charge < -0.3 is 9.73 Å². The van der Waals surface area contributed by atoms with Crippen molar-refractivity contribution < 1.29 is 9.21 Å². The third-order valence-electron chi connectivity index (χ3n) is 3.64. The van der Waals surface area contributed by atoms with Gasteiger partial charge >= 0.3 is 0 Å². The van der Waals surface area contributed by atoms with Crippen LogP contribution in [0.25, 0.3) is 11.4 Å². The van der Waals surface area contributed by atoms with Crippen molar-refractivity contribution in [1.29, 1.82) is 0 Å². The van der Waals surface area contributed by atoms with Crippen LogP contribution in [0.1, 0.15) is 11.3 Å². The number of nitrogens with one attached hydrogen (secondary N) is 2. The summed E-state index contributed by atoms with van der Waals surface area (Å²) in [6.07, 6.45) is 2.27. The Morgan fingerprint density at radius 2 is 2.12 bits per heavy atom. The molecule has 24 heavy (non-hydrogen) atoms. The van der Waals surface area contributed by atoms with E-state index in [2.05, 4.69) is 15.5 Å². The van der Waals surface area contributed by atoms with Crippen molar-refractivity contribution in [3.05, 3.63) is 58.8 Å². The van der Waals surface area contributed by atoms with Gasteiger partial charge in [0.15, 0.2) is 10.6 Å². The fourth-order valence-electron chi connectivity index (χ4n) is 2.37. The molecule has 0 saturated carbocycles. The van der Waals surface area contributed by atoms with Gasteiger partial charge in [-0.15, -0.1) is 0 Å². The Balaban J connectivity index is 1.66. The lowest BCUT2D eigenvalue weighted by molar-refractivity contribution is -0.121. The maximum Gasteiger partial charge on any atom is 0.240 e. The number of aromatic nitrogens is 3. The van der Waals surface area contributed by atoms with Gasteiger partial charge in [0.25, 0.3) is 0 Å². The maximum absolute atomic E-state index is 12.2. The SMILES string of the molecule is Cc1ccc(-c2n[nH]c(=S)n2CC(=O)NCCc2ccco2)cc1. The predicted octanol–water partition coefficient (Wildman–Crippen LogP) is 2.87. The number of rotatable bonds is 6. The second-order valence-electron chi connectivity index (χ2n) is 5.48. The van der Waals surface area contributed by atoms with Crippen molar-refractivity contribution in [2.45, 2.75) is 19.9 Å². The Bertz CT molecular complexity index is 863. The normalized spacial score (nSPS) is 10.7. The van der Waals surface area contributed by atoms with Crippen molar-refractivity contribution in [2.24, 2.45) is 0 Å². The highest BCUT2D eigenvalue weighted by Gasteiger charge is 2.12. The molecule has 0 radical (unpaired) electrons. The Hall–Kier alpha value is -2.67. The lowest BCUT2D eigenvalue weighted by Crippen LogP contribution is -2.29. The molecule has 3 rings (SSSR count). The second-order valence-corrected chi connectivity index (χ2v) is 5.87. The number of hydrogen-bond acceptors (Lipinski definition) is 4. The number of nitrogens with zero attached hydrogens (tertiary/aromatic N) is 2. The molecule has 1 amide bonds. The van der Waals surface area contributed by atoms with Gasteiger partial charge in [-0.25, -0.2) is 0 Å². The minimum atomic E-state index is -0.118. The summed E-state index contributed by atoms with van der Waals surface area (Å²) in [5, 5.41) is 9.86. The van der Waals surface area contributed by atoms with Crippen molar-refractivity contribution in [1.82, 2.24) is 20.1 Å². The molecule has 0 saturated heterocycles. The summed E-state index contributed by atoms with van der Waals surface area (Å²) in [7, 11) is 0. The van der Waals surface area contributed by atoms with Crippen LogP contribution in [0.2, 0.25) is 0 Å². The first kappa shape index (κ1) is 16.2. The van der Waals surface area contributed by atoms with E-state index in [1.807, 2.05) is 43.3 Å². The standard InChI is InChI=1S/C17H18N4O2S/c1-12-4-6-13(7-5-12)16-19-20-17(24)21(16)11-15(22)18-9-8-14-3-2-10-23-14/h2-7,10H,8-9,11H2,1H3,(H,18,22)(H,20,24). The van der Waals surface area contributed by atoms with Crippen molar-refractivity contribution in [3.8, 4) is 11.4 Å². The summed E-state index contributed by atoms with van der Waals surface area (Å²) in [5.74, 6) is 1.38. The number of benzene rings is 1. The molecule has 124 valence electrons. The summed E-state index contributed by atoms with van der Waals surface area (Å²) in [6, 6.07) is 11.6. The summed E-state index contributed by atoms with van der Waals surface area (Å²) in [5.41, 5.74) is 2.08. The molecule has 2 heterocycles. The van der Waals surface area contributed by atoms with Gasteiger partial charge in [-0.3, -0.25) is 14.5 Å². The molecule has 0 aliphatic rings. The largest absolute Gasteiger partial charge is 0.469 e. The van der Waals surface area contributed by atoms with Gasteiger partial charge in [-0.05, 0) is 31.3 Å². The van der Waals surface area contributed by atoms with Gasteiger partial charge in [-0.1, -0.05) is 29.8 Å². The lowest BCUT2D eigenvalue weighted by Gasteiger charge is -2.08. The Morgan fingerprint density at radius 1 is 1.33 bits per heavy atom. The Kier molecular flexibility index (Phi) is 4.90.